The Morgan fingerprint density at radius 2 is 2.00 bits per heavy atom. The standard InChI is InChI=1S/C14H19F3/c1-4-13(14(15,16)17)9-10(2)8-12-7-5-6-11(12)3/h4,9,11-12H,1-2,5-8H2,3H3/b13-9+/t11?,12-/m1/s1. The van der Waals surface area contributed by atoms with E-state index in [9.17, 15) is 13.2 Å². The third kappa shape index (κ3) is 4.06. The minimum atomic E-state index is -4.33. The van der Waals surface area contributed by atoms with Gasteiger partial charge in [0.25, 0.3) is 0 Å². The molecular formula is C14H19F3. The maximum atomic E-state index is 12.5. The lowest BCUT2D eigenvalue weighted by molar-refractivity contribution is -0.0882. The highest BCUT2D eigenvalue weighted by molar-refractivity contribution is 5.31. The normalized spacial score (nSPS) is 26.0. The average molecular weight is 244 g/mol. The van der Waals surface area contributed by atoms with Crippen LogP contribution in [-0.4, -0.2) is 6.18 Å². The van der Waals surface area contributed by atoms with Crippen molar-refractivity contribution in [1.82, 2.24) is 0 Å². The van der Waals surface area contributed by atoms with Crippen molar-refractivity contribution in [2.75, 3.05) is 0 Å². The molecule has 1 aliphatic carbocycles. The predicted molar refractivity (Wildman–Crippen MR) is 64.6 cm³/mol. The van der Waals surface area contributed by atoms with Crippen LogP contribution in [0.4, 0.5) is 13.2 Å². The summed E-state index contributed by atoms with van der Waals surface area (Å²) in [6.07, 6.45) is 1.76. The number of rotatable bonds is 4. The molecule has 2 atom stereocenters. The Labute approximate surface area is 101 Å². The lowest BCUT2D eigenvalue weighted by atomic mass is 9.90. The van der Waals surface area contributed by atoms with Crippen molar-refractivity contribution < 1.29 is 13.2 Å². The molecule has 0 nitrogen and oxygen atoms in total. The van der Waals surface area contributed by atoms with Gasteiger partial charge in [-0.1, -0.05) is 44.6 Å². The molecule has 1 fully saturated rings. The van der Waals surface area contributed by atoms with Crippen LogP contribution in [0.5, 0.6) is 0 Å². The number of hydrogen-bond donors (Lipinski definition) is 0. The molecule has 0 heterocycles. The van der Waals surface area contributed by atoms with E-state index < -0.39 is 11.7 Å². The second-order valence-electron chi connectivity index (χ2n) is 4.83. The van der Waals surface area contributed by atoms with Gasteiger partial charge >= 0.3 is 6.18 Å². The first-order valence-electron chi connectivity index (χ1n) is 5.93. The number of hydrogen-bond acceptors (Lipinski definition) is 0. The summed E-state index contributed by atoms with van der Waals surface area (Å²) in [7, 11) is 0. The molecule has 3 heteroatoms. The van der Waals surface area contributed by atoms with E-state index in [1.807, 2.05) is 0 Å². The fraction of sp³-hybridized carbons (Fsp3) is 0.571. The summed E-state index contributed by atoms with van der Waals surface area (Å²) >= 11 is 0. The van der Waals surface area contributed by atoms with Gasteiger partial charge in [0.15, 0.2) is 0 Å². The van der Waals surface area contributed by atoms with Crippen LogP contribution in [0.2, 0.25) is 0 Å². The van der Waals surface area contributed by atoms with Crippen LogP contribution in [0.15, 0.2) is 36.5 Å². The molecule has 1 saturated carbocycles. The van der Waals surface area contributed by atoms with Gasteiger partial charge < -0.3 is 0 Å². The van der Waals surface area contributed by atoms with Gasteiger partial charge in [0.05, 0.1) is 5.57 Å². The summed E-state index contributed by atoms with van der Waals surface area (Å²) in [5.74, 6) is 1.08. The molecule has 1 unspecified atom stereocenters. The molecule has 0 aromatic rings. The molecule has 0 aliphatic heterocycles. The van der Waals surface area contributed by atoms with Crippen molar-refractivity contribution >= 4 is 0 Å². The van der Waals surface area contributed by atoms with Crippen molar-refractivity contribution in [3.63, 3.8) is 0 Å². The summed E-state index contributed by atoms with van der Waals surface area (Å²) in [4.78, 5) is 0. The molecule has 96 valence electrons. The van der Waals surface area contributed by atoms with Gasteiger partial charge in [0.2, 0.25) is 0 Å². The van der Waals surface area contributed by atoms with Gasteiger partial charge in [0.1, 0.15) is 0 Å². The van der Waals surface area contributed by atoms with Crippen LogP contribution in [0.25, 0.3) is 0 Å². The van der Waals surface area contributed by atoms with Gasteiger partial charge in [0, 0.05) is 0 Å². The highest BCUT2D eigenvalue weighted by Gasteiger charge is 2.31. The van der Waals surface area contributed by atoms with Gasteiger partial charge in [-0.2, -0.15) is 13.2 Å². The molecule has 0 bridgehead atoms. The highest BCUT2D eigenvalue weighted by Crippen LogP contribution is 2.36. The largest absolute Gasteiger partial charge is 0.416 e. The van der Waals surface area contributed by atoms with Crippen LogP contribution in [0.1, 0.15) is 32.6 Å². The van der Waals surface area contributed by atoms with E-state index in [4.69, 9.17) is 0 Å². The van der Waals surface area contributed by atoms with Crippen molar-refractivity contribution in [2.24, 2.45) is 11.8 Å². The number of halogens is 3. The Balaban J connectivity index is 2.64. The minimum Gasteiger partial charge on any atom is -0.166 e. The van der Waals surface area contributed by atoms with E-state index in [1.54, 1.807) is 0 Å². The molecule has 0 N–H and O–H groups in total. The zero-order chi connectivity index (χ0) is 13.1. The van der Waals surface area contributed by atoms with E-state index in [1.165, 1.54) is 12.8 Å². The van der Waals surface area contributed by atoms with E-state index in [2.05, 4.69) is 20.1 Å². The van der Waals surface area contributed by atoms with Gasteiger partial charge in [-0.3, -0.25) is 0 Å². The van der Waals surface area contributed by atoms with Crippen LogP contribution >= 0.6 is 0 Å². The summed E-state index contributed by atoms with van der Waals surface area (Å²) in [5, 5.41) is 0. The van der Waals surface area contributed by atoms with Crippen molar-refractivity contribution in [3.8, 4) is 0 Å². The van der Waals surface area contributed by atoms with E-state index in [0.717, 1.165) is 18.6 Å². The minimum absolute atomic E-state index is 0.484. The number of allylic oxidation sites excluding steroid dienone is 4. The van der Waals surface area contributed by atoms with Crippen LogP contribution < -0.4 is 0 Å². The Morgan fingerprint density at radius 3 is 2.41 bits per heavy atom. The second kappa shape index (κ2) is 5.56. The summed E-state index contributed by atoms with van der Waals surface area (Å²) in [5.41, 5.74) is -0.149. The molecule has 17 heavy (non-hydrogen) atoms. The SMILES string of the molecule is C=C/C(=C\C(=C)C[C@H]1CCCC1C)C(F)(F)F. The fourth-order valence-corrected chi connectivity index (χ4v) is 2.40. The summed E-state index contributed by atoms with van der Waals surface area (Å²) in [6, 6.07) is 0. The highest BCUT2D eigenvalue weighted by atomic mass is 19.4. The van der Waals surface area contributed by atoms with Crippen LogP contribution in [-0.2, 0) is 0 Å². The molecule has 0 amide bonds. The molecule has 1 rings (SSSR count). The second-order valence-corrected chi connectivity index (χ2v) is 4.83. The molecule has 0 spiro atoms. The molecule has 0 saturated heterocycles. The van der Waals surface area contributed by atoms with E-state index in [0.29, 0.717) is 23.8 Å². The van der Waals surface area contributed by atoms with E-state index >= 15 is 0 Å². The molecular weight excluding hydrogens is 225 g/mol. The zero-order valence-electron chi connectivity index (χ0n) is 10.2. The van der Waals surface area contributed by atoms with Crippen LogP contribution in [0.3, 0.4) is 0 Å². The third-order valence-electron chi connectivity index (χ3n) is 3.47. The third-order valence-corrected chi connectivity index (χ3v) is 3.47. The maximum Gasteiger partial charge on any atom is 0.416 e. The first-order valence-corrected chi connectivity index (χ1v) is 5.93. The Kier molecular flexibility index (Phi) is 4.61. The first kappa shape index (κ1) is 14.1. The predicted octanol–water partition coefficient (Wildman–Crippen LogP) is 5.04. The Hall–Kier alpha value is -0.990. The maximum absolute atomic E-state index is 12.5. The Bertz CT molecular complexity index is 323. The summed E-state index contributed by atoms with van der Waals surface area (Å²) in [6.45, 7) is 9.09. The quantitative estimate of drug-likeness (QED) is 0.607. The van der Waals surface area contributed by atoms with Gasteiger partial charge in [-0.15, -0.1) is 0 Å². The fourth-order valence-electron chi connectivity index (χ4n) is 2.40. The zero-order valence-corrected chi connectivity index (χ0v) is 10.2. The summed E-state index contributed by atoms with van der Waals surface area (Å²) < 4.78 is 37.5. The van der Waals surface area contributed by atoms with Gasteiger partial charge in [-0.25, -0.2) is 0 Å². The lowest BCUT2D eigenvalue weighted by Crippen LogP contribution is -2.11. The number of alkyl halides is 3. The Morgan fingerprint density at radius 1 is 1.35 bits per heavy atom. The van der Waals surface area contributed by atoms with Crippen LogP contribution in [0, 0.1) is 11.8 Å². The molecule has 0 aromatic carbocycles. The van der Waals surface area contributed by atoms with Crippen molar-refractivity contribution in [3.05, 3.63) is 36.5 Å². The van der Waals surface area contributed by atoms with Gasteiger partial charge in [-0.05, 0) is 30.8 Å². The van der Waals surface area contributed by atoms with Crippen molar-refractivity contribution in [1.29, 1.82) is 0 Å². The lowest BCUT2D eigenvalue weighted by Gasteiger charge is -2.16. The topological polar surface area (TPSA) is 0 Å². The molecule has 0 aromatic heterocycles. The smallest absolute Gasteiger partial charge is 0.166 e. The average Bonchev–Trinajstić information content (AvgIpc) is 2.59. The monoisotopic (exact) mass is 244 g/mol. The first-order chi connectivity index (χ1) is 7.84. The molecule has 0 radical (unpaired) electrons. The molecule has 1 aliphatic rings. The van der Waals surface area contributed by atoms with E-state index in [-0.39, 0.29) is 0 Å². The van der Waals surface area contributed by atoms with Crippen molar-refractivity contribution in [2.45, 2.75) is 38.8 Å².